The van der Waals surface area contributed by atoms with Crippen molar-refractivity contribution < 1.29 is 4.79 Å². The van der Waals surface area contributed by atoms with Gasteiger partial charge < -0.3 is 16.0 Å². The largest absolute Gasteiger partial charge is 0.347 e. The Hall–Kier alpha value is -2.21. The molecule has 23 heavy (non-hydrogen) atoms. The maximum atomic E-state index is 12.5. The number of carbonyl (C=O) groups excluding carboxylic acids is 1. The molecule has 0 spiro atoms. The molecule has 2 aromatic rings. The van der Waals surface area contributed by atoms with Gasteiger partial charge in [-0.2, -0.15) is 5.10 Å². The summed E-state index contributed by atoms with van der Waals surface area (Å²) in [6.07, 6.45) is 7.18. The number of carbonyl (C=O) groups is 1. The molecule has 6 heteroatoms. The van der Waals surface area contributed by atoms with Crippen molar-refractivity contribution in [2.24, 2.45) is 5.92 Å². The van der Waals surface area contributed by atoms with Crippen molar-refractivity contribution in [2.45, 2.75) is 43.8 Å². The van der Waals surface area contributed by atoms with E-state index in [9.17, 15) is 4.79 Å². The van der Waals surface area contributed by atoms with Crippen molar-refractivity contribution in [1.29, 1.82) is 5.41 Å². The van der Waals surface area contributed by atoms with Crippen molar-refractivity contribution in [3.63, 3.8) is 0 Å². The van der Waals surface area contributed by atoms with E-state index in [2.05, 4.69) is 26.9 Å². The lowest BCUT2D eigenvalue weighted by atomic mass is 9.98. The molecule has 4 atom stereocenters. The van der Waals surface area contributed by atoms with E-state index in [-0.39, 0.29) is 18.0 Å². The van der Waals surface area contributed by atoms with E-state index in [4.69, 9.17) is 5.41 Å². The van der Waals surface area contributed by atoms with E-state index in [1.807, 2.05) is 12.1 Å². The molecule has 2 bridgehead atoms. The molecule has 2 aliphatic rings. The predicted octanol–water partition coefficient (Wildman–Crippen LogP) is 1.38. The van der Waals surface area contributed by atoms with Gasteiger partial charge in [-0.3, -0.25) is 9.89 Å². The number of aromatic nitrogens is 2. The monoisotopic (exact) mass is 311 g/mol. The second kappa shape index (κ2) is 5.77. The van der Waals surface area contributed by atoms with Gasteiger partial charge in [-0.05, 0) is 49.3 Å². The van der Waals surface area contributed by atoms with Crippen LogP contribution < -0.4 is 10.6 Å². The molecule has 1 saturated heterocycles. The number of piperidine rings is 1. The molecule has 4 N–H and O–H groups in total. The van der Waals surface area contributed by atoms with Crippen LogP contribution in [0.3, 0.4) is 0 Å². The van der Waals surface area contributed by atoms with E-state index < -0.39 is 0 Å². The first kappa shape index (κ1) is 14.4. The van der Waals surface area contributed by atoms with Gasteiger partial charge in [-0.15, -0.1) is 0 Å². The molecule has 120 valence electrons. The lowest BCUT2D eigenvalue weighted by Gasteiger charge is -2.24. The summed E-state index contributed by atoms with van der Waals surface area (Å²) in [5.41, 5.74) is 2.09. The standard InChI is InChI=1S/C17H21N5O/c18-8-14(6-10-1-4-15-12(5-10)9-19-22-15)21-17(23)16-11-2-3-13(7-11)20-16/h1,4-5,8-9,11,13-14,16,18,20H,2-3,6-7H2,(H,19,22)(H,21,23). The molecule has 1 saturated carbocycles. The SMILES string of the molecule is N=CC(Cc1ccc2[nH]ncc2c1)NC(=O)C1NC2CCC1C2. The number of H-pyrrole nitrogens is 1. The van der Waals surface area contributed by atoms with Crippen LogP contribution >= 0.6 is 0 Å². The van der Waals surface area contributed by atoms with Crippen molar-refractivity contribution in [1.82, 2.24) is 20.8 Å². The van der Waals surface area contributed by atoms with E-state index in [0.29, 0.717) is 18.4 Å². The van der Waals surface area contributed by atoms with Gasteiger partial charge >= 0.3 is 0 Å². The average molecular weight is 311 g/mol. The Kier molecular flexibility index (Phi) is 3.61. The summed E-state index contributed by atoms with van der Waals surface area (Å²) in [4.78, 5) is 12.5. The summed E-state index contributed by atoms with van der Waals surface area (Å²) in [5.74, 6) is 0.503. The summed E-state index contributed by atoms with van der Waals surface area (Å²) in [6.45, 7) is 0. The topological polar surface area (TPSA) is 93.7 Å². The van der Waals surface area contributed by atoms with E-state index in [1.165, 1.54) is 12.6 Å². The van der Waals surface area contributed by atoms with Gasteiger partial charge in [0.2, 0.25) is 5.91 Å². The molecule has 2 fully saturated rings. The van der Waals surface area contributed by atoms with Crippen LogP contribution in [0.5, 0.6) is 0 Å². The van der Waals surface area contributed by atoms with Crippen LogP contribution in [0.25, 0.3) is 10.9 Å². The molecule has 0 radical (unpaired) electrons. The van der Waals surface area contributed by atoms with Crippen molar-refractivity contribution in [2.75, 3.05) is 0 Å². The quantitative estimate of drug-likeness (QED) is 0.628. The Morgan fingerprint density at radius 1 is 1.48 bits per heavy atom. The normalized spacial score (nSPS) is 27.2. The molecule has 1 aliphatic carbocycles. The average Bonchev–Trinajstić information content (AvgIpc) is 3.29. The number of aromatic amines is 1. The molecule has 1 aromatic heterocycles. The van der Waals surface area contributed by atoms with E-state index in [0.717, 1.165) is 29.3 Å². The highest BCUT2D eigenvalue weighted by Gasteiger charge is 2.42. The summed E-state index contributed by atoms with van der Waals surface area (Å²) in [5, 5.41) is 22.0. The molecule has 2 heterocycles. The third-order valence-electron chi connectivity index (χ3n) is 5.13. The van der Waals surface area contributed by atoms with Crippen molar-refractivity contribution >= 4 is 23.0 Å². The molecule has 1 aromatic carbocycles. The van der Waals surface area contributed by atoms with Gasteiger partial charge in [0.05, 0.1) is 23.8 Å². The fourth-order valence-corrected chi connectivity index (χ4v) is 3.95. The van der Waals surface area contributed by atoms with Gasteiger partial charge in [0, 0.05) is 17.6 Å². The summed E-state index contributed by atoms with van der Waals surface area (Å²) in [6, 6.07) is 6.21. The first-order valence-electron chi connectivity index (χ1n) is 8.22. The molecular weight excluding hydrogens is 290 g/mol. The summed E-state index contributed by atoms with van der Waals surface area (Å²) < 4.78 is 0. The first-order valence-corrected chi connectivity index (χ1v) is 8.22. The Labute approximate surface area is 134 Å². The molecule has 4 rings (SSSR count). The highest BCUT2D eigenvalue weighted by atomic mass is 16.2. The Balaban J connectivity index is 1.42. The van der Waals surface area contributed by atoms with Crippen molar-refractivity contribution in [3.05, 3.63) is 30.0 Å². The van der Waals surface area contributed by atoms with Gasteiger partial charge in [0.15, 0.2) is 0 Å². The van der Waals surface area contributed by atoms with Crippen LogP contribution in [-0.4, -0.2) is 40.4 Å². The second-order valence-corrected chi connectivity index (χ2v) is 6.69. The van der Waals surface area contributed by atoms with Gasteiger partial charge in [0.1, 0.15) is 0 Å². The van der Waals surface area contributed by atoms with Crippen molar-refractivity contribution in [3.8, 4) is 0 Å². The lowest BCUT2D eigenvalue weighted by Crippen LogP contribution is -2.51. The number of fused-ring (bicyclic) bond motifs is 3. The zero-order chi connectivity index (χ0) is 15.8. The minimum absolute atomic E-state index is 0.0371. The smallest absolute Gasteiger partial charge is 0.237 e. The number of hydrogen-bond donors (Lipinski definition) is 4. The number of benzene rings is 1. The van der Waals surface area contributed by atoms with Crippen LogP contribution in [0.4, 0.5) is 0 Å². The fourth-order valence-electron chi connectivity index (χ4n) is 3.95. The minimum atomic E-state index is -0.271. The highest BCUT2D eigenvalue weighted by Crippen LogP contribution is 2.35. The van der Waals surface area contributed by atoms with Crippen LogP contribution in [0.15, 0.2) is 24.4 Å². The Morgan fingerprint density at radius 2 is 2.39 bits per heavy atom. The number of amides is 1. The second-order valence-electron chi connectivity index (χ2n) is 6.69. The maximum absolute atomic E-state index is 12.5. The number of nitrogens with one attached hydrogen (secondary N) is 4. The summed E-state index contributed by atoms with van der Waals surface area (Å²) >= 11 is 0. The highest BCUT2D eigenvalue weighted by molar-refractivity contribution is 5.86. The zero-order valence-corrected chi connectivity index (χ0v) is 12.9. The first-order chi connectivity index (χ1) is 11.2. The molecule has 4 unspecified atom stereocenters. The Bertz CT molecular complexity index is 739. The van der Waals surface area contributed by atoms with E-state index >= 15 is 0 Å². The lowest BCUT2D eigenvalue weighted by molar-refractivity contribution is -0.124. The fraction of sp³-hybridized carbons (Fsp3) is 0.471. The van der Waals surface area contributed by atoms with Gasteiger partial charge in [0.25, 0.3) is 0 Å². The molecular formula is C17H21N5O. The maximum Gasteiger partial charge on any atom is 0.237 e. The Morgan fingerprint density at radius 3 is 3.13 bits per heavy atom. The molecule has 1 aliphatic heterocycles. The zero-order valence-electron chi connectivity index (χ0n) is 12.9. The van der Waals surface area contributed by atoms with Crippen LogP contribution in [0.1, 0.15) is 24.8 Å². The number of hydrogen-bond acceptors (Lipinski definition) is 4. The van der Waals surface area contributed by atoms with Gasteiger partial charge in [-0.25, -0.2) is 0 Å². The number of nitrogens with zero attached hydrogens (tertiary/aromatic N) is 1. The van der Waals surface area contributed by atoms with Gasteiger partial charge in [-0.1, -0.05) is 6.07 Å². The molecule has 1 amide bonds. The van der Waals surface area contributed by atoms with Crippen LogP contribution in [0.2, 0.25) is 0 Å². The third-order valence-corrected chi connectivity index (χ3v) is 5.13. The minimum Gasteiger partial charge on any atom is -0.347 e. The third kappa shape index (κ3) is 2.74. The van der Waals surface area contributed by atoms with Crippen LogP contribution in [0, 0.1) is 11.3 Å². The summed E-state index contributed by atoms with van der Waals surface area (Å²) in [7, 11) is 0. The van der Waals surface area contributed by atoms with Crippen LogP contribution in [-0.2, 0) is 11.2 Å². The van der Waals surface area contributed by atoms with E-state index in [1.54, 1.807) is 6.20 Å². The number of rotatable bonds is 5. The predicted molar refractivity (Wildman–Crippen MR) is 88.6 cm³/mol. The molecule has 6 nitrogen and oxygen atoms in total.